The number of nitrogens with one attached hydrogen (secondary N) is 2. The Bertz CT molecular complexity index is 1250. The van der Waals surface area contributed by atoms with E-state index in [1.807, 2.05) is 22.9 Å². The van der Waals surface area contributed by atoms with Crippen LogP contribution >= 0.6 is 0 Å². The number of aromatic amines is 1. The number of fused-ring (bicyclic) bond motifs is 1. The lowest BCUT2D eigenvalue weighted by Crippen LogP contribution is -2.34. The fourth-order valence-electron chi connectivity index (χ4n) is 3.67. The molecule has 0 spiro atoms. The standard InChI is InChI=1S/C21H21F3N8O2/c1-13(28-17-9-27-29-20(33)19(17)21(22,23)24)11-34-12-15-6-16-10-31(4-5-32(16)30-15)18-3-2-14(7-25)8-26-18/h2-3,6,8-9,13H,4-5,10-12H2,1H3,(H2,28,29,33)/t13-/m0/s1. The molecule has 3 aromatic heterocycles. The molecule has 2 N–H and O–H groups in total. The zero-order valence-electron chi connectivity index (χ0n) is 18.1. The van der Waals surface area contributed by atoms with Gasteiger partial charge in [-0.2, -0.15) is 28.6 Å². The molecule has 0 aliphatic carbocycles. The van der Waals surface area contributed by atoms with Crippen molar-refractivity contribution < 1.29 is 17.9 Å². The normalized spacial score (nSPS) is 14.4. The van der Waals surface area contributed by atoms with Crippen LogP contribution < -0.4 is 15.8 Å². The van der Waals surface area contributed by atoms with Crippen molar-refractivity contribution in [1.29, 1.82) is 5.26 Å². The van der Waals surface area contributed by atoms with Gasteiger partial charge in [0.2, 0.25) is 0 Å². The molecule has 0 bridgehead atoms. The van der Waals surface area contributed by atoms with Crippen LogP contribution in [-0.4, -0.2) is 44.2 Å². The summed E-state index contributed by atoms with van der Waals surface area (Å²) >= 11 is 0. The summed E-state index contributed by atoms with van der Waals surface area (Å²) in [5.74, 6) is 0.775. The van der Waals surface area contributed by atoms with Crippen molar-refractivity contribution in [1.82, 2.24) is 25.0 Å². The minimum absolute atomic E-state index is 0.0908. The molecule has 13 heteroatoms. The SMILES string of the molecule is C[C@@H](COCc1cc2n(n1)CCN(c1ccc(C#N)cn1)C2)Nc1cn[nH]c(=O)c1C(F)(F)F. The van der Waals surface area contributed by atoms with E-state index in [9.17, 15) is 18.0 Å². The molecular formula is C21H21F3N8O2. The highest BCUT2D eigenvalue weighted by molar-refractivity contribution is 5.50. The molecule has 3 aromatic rings. The van der Waals surface area contributed by atoms with Crippen LogP contribution in [0.15, 0.2) is 35.4 Å². The van der Waals surface area contributed by atoms with Crippen LogP contribution in [0.3, 0.4) is 0 Å². The van der Waals surface area contributed by atoms with Gasteiger partial charge >= 0.3 is 6.18 Å². The lowest BCUT2D eigenvalue weighted by molar-refractivity contribution is -0.138. The van der Waals surface area contributed by atoms with Crippen LogP contribution in [-0.2, 0) is 30.6 Å². The highest BCUT2D eigenvalue weighted by Gasteiger charge is 2.37. The lowest BCUT2D eigenvalue weighted by atomic mass is 10.2. The first kappa shape index (κ1) is 23.2. The van der Waals surface area contributed by atoms with E-state index in [0.717, 1.165) is 17.7 Å². The van der Waals surface area contributed by atoms with Crippen molar-refractivity contribution in [2.24, 2.45) is 0 Å². The predicted molar refractivity (Wildman–Crippen MR) is 115 cm³/mol. The van der Waals surface area contributed by atoms with Crippen LogP contribution in [0, 0.1) is 11.3 Å². The van der Waals surface area contributed by atoms with Gasteiger partial charge in [-0.15, -0.1) is 0 Å². The van der Waals surface area contributed by atoms with Gasteiger partial charge in [0.15, 0.2) is 0 Å². The third-order valence-corrected chi connectivity index (χ3v) is 5.21. The van der Waals surface area contributed by atoms with Crippen LogP contribution in [0.4, 0.5) is 24.7 Å². The molecule has 1 aliphatic heterocycles. The van der Waals surface area contributed by atoms with Crippen molar-refractivity contribution in [2.45, 2.75) is 38.8 Å². The Balaban J connectivity index is 1.32. The smallest absolute Gasteiger partial charge is 0.378 e. The zero-order chi connectivity index (χ0) is 24.3. The second-order valence-electron chi connectivity index (χ2n) is 7.83. The van der Waals surface area contributed by atoms with E-state index in [4.69, 9.17) is 10.00 Å². The Morgan fingerprint density at radius 3 is 2.85 bits per heavy atom. The maximum absolute atomic E-state index is 13.2. The van der Waals surface area contributed by atoms with E-state index in [0.29, 0.717) is 30.9 Å². The molecule has 0 radical (unpaired) electrons. The molecule has 0 amide bonds. The molecule has 0 unspecified atom stereocenters. The molecule has 4 heterocycles. The molecule has 34 heavy (non-hydrogen) atoms. The number of rotatable bonds is 7. The zero-order valence-corrected chi connectivity index (χ0v) is 18.1. The summed E-state index contributed by atoms with van der Waals surface area (Å²) in [5, 5.41) is 21.3. The second-order valence-corrected chi connectivity index (χ2v) is 7.83. The molecule has 4 rings (SSSR count). The topological polar surface area (TPSA) is 125 Å². The fraction of sp³-hybridized carbons (Fsp3) is 0.381. The summed E-state index contributed by atoms with van der Waals surface area (Å²) in [5.41, 5.74) is -0.852. The van der Waals surface area contributed by atoms with E-state index < -0.39 is 29.0 Å². The third kappa shape index (κ3) is 5.18. The van der Waals surface area contributed by atoms with E-state index in [1.165, 1.54) is 6.20 Å². The summed E-state index contributed by atoms with van der Waals surface area (Å²) in [6, 6.07) is 6.98. The molecule has 0 fully saturated rings. The number of ether oxygens (including phenoxy) is 1. The Hall–Kier alpha value is -3.92. The number of halogens is 3. The third-order valence-electron chi connectivity index (χ3n) is 5.21. The van der Waals surface area contributed by atoms with Gasteiger partial charge in [-0.05, 0) is 25.1 Å². The summed E-state index contributed by atoms with van der Waals surface area (Å²) in [7, 11) is 0. The summed E-state index contributed by atoms with van der Waals surface area (Å²) in [6.45, 7) is 3.88. The molecule has 0 saturated carbocycles. The molecular weight excluding hydrogens is 453 g/mol. The lowest BCUT2D eigenvalue weighted by Gasteiger charge is -2.28. The average Bonchev–Trinajstić information content (AvgIpc) is 3.20. The van der Waals surface area contributed by atoms with Gasteiger partial charge in [-0.3, -0.25) is 9.48 Å². The molecule has 10 nitrogen and oxygen atoms in total. The van der Waals surface area contributed by atoms with Crippen molar-refractivity contribution in [3.8, 4) is 6.07 Å². The monoisotopic (exact) mass is 474 g/mol. The van der Waals surface area contributed by atoms with Gasteiger partial charge in [0.1, 0.15) is 17.5 Å². The van der Waals surface area contributed by atoms with Crippen LogP contribution in [0.25, 0.3) is 0 Å². The first-order valence-corrected chi connectivity index (χ1v) is 10.4. The van der Waals surface area contributed by atoms with E-state index in [2.05, 4.69) is 25.4 Å². The van der Waals surface area contributed by atoms with Gasteiger partial charge < -0.3 is 15.0 Å². The van der Waals surface area contributed by atoms with Crippen molar-refractivity contribution in [3.05, 3.63) is 63.5 Å². The van der Waals surface area contributed by atoms with Crippen molar-refractivity contribution in [3.63, 3.8) is 0 Å². The van der Waals surface area contributed by atoms with Gasteiger partial charge in [-0.25, -0.2) is 10.1 Å². The number of aromatic nitrogens is 5. The first-order chi connectivity index (χ1) is 16.2. The predicted octanol–water partition coefficient (Wildman–Crippen LogP) is 2.29. The Morgan fingerprint density at radius 2 is 2.15 bits per heavy atom. The van der Waals surface area contributed by atoms with Crippen LogP contribution in [0.2, 0.25) is 0 Å². The minimum Gasteiger partial charge on any atom is -0.378 e. The van der Waals surface area contributed by atoms with Gasteiger partial charge in [0.25, 0.3) is 5.56 Å². The van der Waals surface area contributed by atoms with E-state index in [1.54, 1.807) is 18.1 Å². The van der Waals surface area contributed by atoms with E-state index >= 15 is 0 Å². The van der Waals surface area contributed by atoms with Crippen LogP contribution in [0.1, 0.15) is 29.4 Å². The van der Waals surface area contributed by atoms with E-state index in [-0.39, 0.29) is 13.2 Å². The number of pyridine rings is 1. The highest BCUT2D eigenvalue weighted by atomic mass is 19.4. The quantitative estimate of drug-likeness (QED) is 0.535. The first-order valence-electron chi connectivity index (χ1n) is 10.4. The molecule has 1 aliphatic rings. The highest BCUT2D eigenvalue weighted by Crippen LogP contribution is 2.31. The van der Waals surface area contributed by atoms with Gasteiger partial charge in [-0.1, -0.05) is 0 Å². The Kier molecular flexibility index (Phi) is 6.51. The number of nitrogens with zero attached hydrogens (tertiary/aromatic N) is 6. The van der Waals surface area contributed by atoms with Crippen molar-refractivity contribution in [2.75, 3.05) is 23.4 Å². The summed E-state index contributed by atoms with van der Waals surface area (Å²) in [4.78, 5) is 18.0. The largest absolute Gasteiger partial charge is 0.423 e. The minimum atomic E-state index is -4.81. The van der Waals surface area contributed by atoms with Crippen LogP contribution in [0.5, 0.6) is 0 Å². The molecule has 0 aromatic carbocycles. The number of hydrogen-bond donors (Lipinski definition) is 2. The number of anilines is 2. The molecule has 1 atom stereocenters. The fourth-order valence-corrected chi connectivity index (χ4v) is 3.67. The molecule has 0 saturated heterocycles. The van der Waals surface area contributed by atoms with Gasteiger partial charge in [0, 0.05) is 18.8 Å². The Morgan fingerprint density at radius 1 is 1.32 bits per heavy atom. The maximum Gasteiger partial charge on any atom is 0.423 e. The van der Waals surface area contributed by atoms with Gasteiger partial charge in [0.05, 0.1) is 55.1 Å². The summed E-state index contributed by atoms with van der Waals surface area (Å²) in [6.07, 6.45) is -2.34. The number of nitriles is 1. The average molecular weight is 474 g/mol. The van der Waals surface area contributed by atoms with Crippen molar-refractivity contribution >= 4 is 11.5 Å². The Labute approximate surface area is 192 Å². The number of H-pyrrole nitrogens is 1. The second kappa shape index (κ2) is 9.52. The summed E-state index contributed by atoms with van der Waals surface area (Å²) < 4.78 is 47.0. The maximum atomic E-state index is 13.2. The number of alkyl halides is 3. The number of hydrogen-bond acceptors (Lipinski definition) is 8. The molecule has 178 valence electrons.